The summed E-state index contributed by atoms with van der Waals surface area (Å²) in [5, 5.41) is 20.3. The smallest absolute Gasteiger partial charge is 0.109 e. The summed E-state index contributed by atoms with van der Waals surface area (Å²) in [7, 11) is 0. The number of aliphatic hydroxyl groups excluding tert-OH is 2. The first-order valence-electron chi connectivity index (χ1n) is 20.4. The van der Waals surface area contributed by atoms with Crippen LogP contribution in [0.5, 0.6) is 0 Å². The minimum absolute atomic E-state index is 0.689. The van der Waals surface area contributed by atoms with Gasteiger partial charge < -0.3 is 10.2 Å². The van der Waals surface area contributed by atoms with Gasteiger partial charge in [0.05, 0.1) is 44.8 Å². The molecule has 0 fully saturated rings. The van der Waals surface area contributed by atoms with Gasteiger partial charge in [-0.2, -0.15) is 0 Å². The van der Waals surface area contributed by atoms with E-state index in [0.717, 1.165) is 93.9 Å². The standard InChI is InChI=1S/2C20H12Br2N2.C14H12Br2O2/c2*21-15-9-5-13(6-10-15)19-20(14-7-11-16(22)12-8-14)24-18-4-2-1-3-17(18)23-19;15-11-5-1-9(2-6-11)13(17)14(18)10-3-7-12(16)8-4-10/h2*1-12H;1-8,13-14,17-18H/t;;13-,14+. The number of hydrogen-bond donors (Lipinski definition) is 2. The van der Waals surface area contributed by atoms with Crippen LogP contribution in [0, 0.1) is 0 Å². The maximum absolute atomic E-state index is 10.1. The number of para-hydroxylation sites is 4. The summed E-state index contributed by atoms with van der Waals surface area (Å²) in [6.07, 6.45) is -1.86. The molecule has 0 saturated heterocycles. The van der Waals surface area contributed by atoms with E-state index in [-0.39, 0.29) is 0 Å². The maximum atomic E-state index is 10.1. The summed E-state index contributed by atoms with van der Waals surface area (Å²) in [6, 6.07) is 63.1. The highest BCUT2D eigenvalue weighted by atomic mass is 79.9. The molecule has 8 aromatic carbocycles. The number of nitrogens with zero attached hydrogens (tertiary/aromatic N) is 4. The second-order valence-corrected chi connectivity index (χ2v) is 20.3. The van der Waals surface area contributed by atoms with Crippen LogP contribution in [-0.4, -0.2) is 30.1 Å². The number of benzene rings is 8. The van der Waals surface area contributed by atoms with Crippen molar-refractivity contribution in [2.75, 3.05) is 0 Å². The number of halogens is 6. The van der Waals surface area contributed by atoms with Gasteiger partial charge in [0.1, 0.15) is 12.2 Å². The summed E-state index contributed by atoms with van der Waals surface area (Å²) in [5.74, 6) is 0. The van der Waals surface area contributed by atoms with Crippen LogP contribution in [0.4, 0.5) is 0 Å². The molecule has 2 atom stereocenters. The van der Waals surface area contributed by atoms with E-state index in [4.69, 9.17) is 19.9 Å². The molecule has 0 saturated carbocycles. The molecule has 6 nitrogen and oxygen atoms in total. The number of rotatable bonds is 7. The van der Waals surface area contributed by atoms with Crippen molar-refractivity contribution in [2.24, 2.45) is 0 Å². The Morgan fingerprint density at radius 3 is 0.636 bits per heavy atom. The van der Waals surface area contributed by atoms with Gasteiger partial charge >= 0.3 is 0 Å². The average molecular weight is 1250 g/mol. The van der Waals surface area contributed by atoms with E-state index in [2.05, 4.69) is 144 Å². The van der Waals surface area contributed by atoms with Crippen molar-refractivity contribution in [3.05, 3.63) is 232 Å². The molecule has 10 aromatic rings. The van der Waals surface area contributed by atoms with Gasteiger partial charge in [-0.3, -0.25) is 0 Å². The monoisotopic (exact) mass is 1250 g/mol. The van der Waals surface area contributed by atoms with Crippen LogP contribution in [0.15, 0.2) is 221 Å². The minimum atomic E-state index is -0.931. The first-order chi connectivity index (χ1) is 32.0. The number of hydrogen-bond acceptors (Lipinski definition) is 6. The SMILES string of the molecule is Brc1ccc(-c2nc3ccccc3nc2-c2ccc(Br)cc2)cc1.Brc1ccc(-c2nc3ccccc3nc2-c2ccc(Br)cc2)cc1.O[C@H](c1ccc(Br)cc1)[C@@H](O)c1ccc(Br)cc1. The molecule has 2 N–H and O–H groups in total. The van der Waals surface area contributed by atoms with Gasteiger partial charge in [0.25, 0.3) is 0 Å². The van der Waals surface area contributed by atoms with Crippen LogP contribution < -0.4 is 0 Å². The minimum Gasteiger partial charge on any atom is -0.385 e. The van der Waals surface area contributed by atoms with Crippen LogP contribution in [0.3, 0.4) is 0 Å². The van der Waals surface area contributed by atoms with Gasteiger partial charge in [-0.05, 0) is 108 Å². The molecule has 0 bridgehead atoms. The highest BCUT2D eigenvalue weighted by molar-refractivity contribution is 9.11. The fourth-order valence-corrected chi connectivity index (χ4v) is 8.51. The van der Waals surface area contributed by atoms with Crippen LogP contribution in [0.1, 0.15) is 23.3 Å². The first kappa shape index (κ1) is 47.7. The Labute approximate surface area is 433 Å². The highest BCUT2D eigenvalue weighted by Gasteiger charge is 2.20. The molecule has 2 heterocycles. The third kappa shape index (κ3) is 12.0. The third-order valence-corrected chi connectivity index (χ3v) is 13.5. The molecule has 0 aliphatic heterocycles. The van der Waals surface area contributed by atoms with Crippen LogP contribution in [0.25, 0.3) is 67.1 Å². The molecule has 12 heteroatoms. The van der Waals surface area contributed by atoms with Gasteiger partial charge in [0.2, 0.25) is 0 Å². The molecular weight excluding hydrogens is 1220 g/mol. The summed E-state index contributed by atoms with van der Waals surface area (Å²) in [5.41, 5.74) is 12.7. The van der Waals surface area contributed by atoms with Gasteiger partial charge in [0.15, 0.2) is 0 Å². The Kier molecular flexibility index (Phi) is 16.2. The highest BCUT2D eigenvalue weighted by Crippen LogP contribution is 2.35. The molecule has 0 spiro atoms. The fraction of sp³-hybridized carbons (Fsp3) is 0.0370. The van der Waals surface area contributed by atoms with Crippen molar-refractivity contribution in [3.8, 4) is 45.0 Å². The summed E-state index contributed by atoms with van der Waals surface area (Å²) >= 11 is 20.6. The van der Waals surface area contributed by atoms with E-state index in [1.807, 2.05) is 121 Å². The van der Waals surface area contributed by atoms with E-state index >= 15 is 0 Å². The van der Waals surface area contributed by atoms with Crippen LogP contribution in [0.2, 0.25) is 0 Å². The van der Waals surface area contributed by atoms with Crippen molar-refractivity contribution < 1.29 is 10.2 Å². The van der Waals surface area contributed by atoms with Crippen LogP contribution in [-0.2, 0) is 0 Å². The molecule has 2 aromatic heterocycles. The lowest BCUT2D eigenvalue weighted by atomic mass is 9.98. The molecule has 0 aliphatic rings. The molecule has 0 amide bonds. The Balaban J connectivity index is 0.000000136. The third-order valence-electron chi connectivity index (χ3n) is 10.3. The lowest BCUT2D eigenvalue weighted by Gasteiger charge is -2.18. The maximum Gasteiger partial charge on any atom is 0.109 e. The zero-order valence-electron chi connectivity index (χ0n) is 34.6. The van der Waals surface area contributed by atoms with E-state index in [9.17, 15) is 10.2 Å². The fourth-order valence-electron chi connectivity index (χ4n) is 6.92. The van der Waals surface area contributed by atoms with Gasteiger partial charge in [-0.15, -0.1) is 0 Å². The second-order valence-electron chi connectivity index (χ2n) is 14.8. The zero-order chi connectivity index (χ0) is 46.2. The lowest BCUT2D eigenvalue weighted by Crippen LogP contribution is -2.10. The van der Waals surface area contributed by atoms with Crippen molar-refractivity contribution in [1.29, 1.82) is 0 Å². The zero-order valence-corrected chi connectivity index (χ0v) is 44.1. The Morgan fingerprint density at radius 2 is 0.439 bits per heavy atom. The van der Waals surface area contributed by atoms with E-state index < -0.39 is 12.2 Å². The summed E-state index contributed by atoms with van der Waals surface area (Å²) in [4.78, 5) is 19.5. The van der Waals surface area contributed by atoms with E-state index in [0.29, 0.717) is 11.1 Å². The summed E-state index contributed by atoms with van der Waals surface area (Å²) < 4.78 is 6.07. The second kappa shape index (κ2) is 22.4. The predicted octanol–water partition coefficient (Wildman–Crippen LogP) is 17.0. The van der Waals surface area contributed by atoms with Crippen molar-refractivity contribution in [1.82, 2.24) is 19.9 Å². The summed E-state index contributed by atoms with van der Waals surface area (Å²) in [6.45, 7) is 0. The average Bonchev–Trinajstić information content (AvgIpc) is 3.35. The molecule has 10 rings (SSSR count). The predicted molar refractivity (Wildman–Crippen MR) is 290 cm³/mol. The van der Waals surface area contributed by atoms with Gasteiger partial charge in [-0.1, -0.05) is 193 Å². The van der Waals surface area contributed by atoms with E-state index in [1.54, 1.807) is 24.3 Å². The molecular formula is C54H36Br6N4O2. The van der Waals surface area contributed by atoms with Crippen molar-refractivity contribution in [2.45, 2.75) is 12.2 Å². The molecule has 0 unspecified atom stereocenters. The van der Waals surface area contributed by atoms with Gasteiger partial charge in [-0.25, -0.2) is 19.9 Å². The Bertz CT molecular complexity index is 2820. The van der Waals surface area contributed by atoms with Gasteiger partial charge in [0, 0.05) is 49.1 Å². The number of aromatic nitrogens is 4. The van der Waals surface area contributed by atoms with Crippen molar-refractivity contribution in [3.63, 3.8) is 0 Å². The van der Waals surface area contributed by atoms with Crippen molar-refractivity contribution >= 4 is 118 Å². The largest absolute Gasteiger partial charge is 0.385 e. The molecule has 66 heavy (non-hydrogen) atoms. The quantitative estimate of drug-likeness (QED) is 0.165. The Hall–Kier alpha value is -4.76. The first-order valence-corrected chi connectivity index (χ1v) is 25.2. The molecule has 326 valence electrons. The molecule has 0 aliphatic carbocycles. The molecule has 0 radical (unpaired) electrons. The Morgan fingerprint density at radius 1 is 0.258 bits per heavy atom. The topological polar surface area (TPSA) is 92.0 Å². The lowest BCUT2D eigenvalue weighted by molar-refractivity contribution is 0.0172. The van der Waals surface area contributed by atoms with Crippen LogP contribution >= 0.6 is 95.6 Å². The number of aliphatic hydroxyl groups is 2. The van der Waals surface area contributed by atoms with E-state index in [1.165, 1.54) is 0 Å². The number of fused-ring (bicyclic) bond motifs is 2. The normalized spacial score (nSPS) is 11.8.